The van der Waals surface area contributed by atoms with Gasteiger partial charge in [-0.2, -0.15) is 18.2 Å². The molecule has 0 radical (unpaired) electrons. The molecule has 0 aliphatic heterocycles. The molecule has 0 fully saturated rings. The molecule has 0 amide bonds. The van der Waals surface area contributed by atoms with Crippen LogP contribution in [0.4, 0.5) is 19.1 Å². The van der Waals surface area contributed by atoms with E-state index in [2.05, 4.69) is 36.2 Å². The summed E-state index contributed by atoms with van der Waals surface area (Å²) in [7, 11) is 1.58. The standard InChI is InChI=1S/C15H13BrF3N5/c1-24-12-10(21-13(24)16)11(15(17,18)19)22-14(23-12)20-8-7-9-5-3-2-4-6-9/h2-6H,7-8H2,1H3,(H,20,22,23). The fourth-order valence-electron chi connectivity index (χ4n) is 2.27. The van der Waals surface area contributed by atoms with Crippen LogP contribution in [0.2, 0.25) is 0 Å². The Labute approximate surface area is 144 Å². The van der Waals surface area contributed by atoms with Gasteiger partial charge in [-0.25, -0.2) is 9.97 Å². The molecular formula is C15H13BrF3N5. The predicted molar refractivity (Wildman–Crippen MR) is 87.6 cm³/mol. The summed E-state index contributed by atoms with van der Waals surface area (Å²) in [5.74, 6) is -0.0683. The zero-order valence-corrected chi connectivity index (χ0v) is 14.2. The summed E-state index contributed by atoms with van der Waals surface area (Å²) in [5.41, 5.74) is -0.127. The van der Waals surface area contributed by atoms with Gasteiger partial charge in [-0.15, -0.1) is 0 Å². The van der Waals surface area contributed by atoms with Crippen molar-refractivity contribution >= 4 is 33.0 Å². The molecule has 0 aliphatic carbocycles. The Morgan fingerprint density at radius 3 is 2.50 bits per heavy atom. The highest BCUT2D eigenvalue weighted by Gasteiger charge is 2.37. The Hall–Kier alpha value is -2.16. The quantitative estimate of drug-likeness (QED) is 0.677. The largest absolute Gasteiger partial charge is 0.435 e. The minimum absolute atomic E-state index is 0.0683. The van der Waals surface area contributed by atoms with Gasteiger partial charge in [0.1, 0.15) is 5.52 Å². The van der Waals surface area contributed by atoms with Crippen molar-refractivity contribution in [2.24, 2.45) is 7.05 Å². The minimum atomic E-state index is -4.61. The van der Waals surface area contributed by atoms with E-state index in [1.165, 1.54) is 4.57 Å². The second-order valence-electron chi connectivity index (χ2n) is 5.17. The van der Waals surface area contributed by atoms with Gasteiger partial charge in [0.15, 0.2) is 16.1 Å². The van der Waals surface area contributed by atoms with Crippen LogP contribution in [0.3, 0.4) is 0 Å². The van der Waals surface area contributed by atoms with Crippen LogP contribution in [0.1, 0.15) is 11.3 Å². The minimum Gasteiger partial charge on any atom is -0.354 e. The Bertz CT molecular complexity index is 861. The Morgan fingerprint density at radius 1 is 1.12 bits per heavy atom. The lowest BCUT2D eigenvalue weighted by Crippen LogP contribution is -2.14. The van der Waals surface area contributed by atoms with Gasteiger partial charge in [0, 0.05) is 13.6 Å². The number of imidazole rings is 1. The summed E-state index contributed by atoms with van der Waals surface area (Å²) in [6, 6.07) is 9.62. The van der Waals surface area contributed by atoms with Crippen LogP contribution in [0, 0.1) is 0 Å². The maximum atomic E-state index is 13.2. The van der Waals surface area contributed by atoms with Gasteiger partial charge in [-0.3, -0.25) is 0 Å². The predicted octanol–water partition coefficient (Wildman–Crippen LogP) is 3.80. The second kappa shape index (κ2) is 6.39. The topological polar surface area (TPSA) is 55.6 Å². The SMILES string of the molecule is Cn1c(Br)nc2c(C(F)(F)F)nc(NCCc3ccccc3)nc21. The number of hydrogen-bond donors (Lipinski definition) is 1. The molecule has 0 atom stereocenters. The Kier molecular flexibility index (Phi) is 4.44. The molecule has 0 saturated carbocycles. The van der Waals surface area contributed by atoms with Gasteiger partial charge in [0.2, 0.25) is 5.95 Å². The molecule has 1 aromatic carbocycles. The van der Waals surface area contributed by atoms with E-state index in [1.807, 2.05) is 30.3 Å². The number of alkyl halides is 3. The van der Waals surface area contributed by atoms with Gasteiger partial charge in [-0.05, 0) is 27.9 Å². The Morgan fingerprint density at radius 2 is 1.83 bits per heavy atom. The van der Waals surface area contributed by atoms with Crippen molar-refractivity contribution in [1.29, 1.82) is 0 Å². The first-order valence-corrected chi connectivity index (χ1v) is 7.90. The first kappa shape index (κ1) is 16.7. The van der Waals surface area contributed by atoms with Crippen LogP contribution in [0.15, 0.2) is 35.1 Å². The maximum absolute atomic E-state index is 13.2. The number of halogens is 4. The van der Waals surface area contributed by atoms with Gasteiger partial charge in [-0.1, -0.05) is 30.3 Å². The highest BCUT2D eigenvalue weighted by molar-refractivity contribution is 9.10. The molecular weight excluding hydrogens is 387 g/mol. The van der Waals surface area contributed by atoms with E-state index in [4.69, 9.17) is 0 Å². The number of nitrogens with one attached hydrogen (secondary N) is 1. The van der Waals surface area contributed by atoms with Crippen LogP contribution in [0.25, 0.3) is 11.2 Å². The second-order valence-corrected chi connectivity index (χ2v) is 5.88. The summed E-state index contributed by atoms with van der Waals surface area (Å²) in [6.07, 6.45) is -3.95. The lowest BCUT2D eigenvalue weighted by molar-refractivity contribution is -0.139. The molecule has 0 unspecified atom stereocenters. The molecule has 2 aromatic heterocycles. The molecule has 1 N–H and O–H groups in total. The van der Waals surface area contributed by atoms with E-state index in [0.717, 1.165) is 5.56 Å². The molecule has 3 aromatic rings. The van der Waals surface area contributed by atoms with Crippen molar-refractivity contribution in [2.75, 3.05) is 11.9 Å². The zero-order chi connectivity index (χ0) is 17.3. The van der Waals surface area contributed by atoms with Crippen LogP contribution in [-0.2, 0) is 19.6 Å². The van der Waals surface area contributed by atoms with Crippen LogP contribution < -0.4 is 5.32 Å². The molecule has 0 spiro atoms. The monoisotopic (exact) mass is 399 g/mol. The lowest BCUT2D eigenvalue weighted by Gasteiger charge is -2.10. The average molecular weight is 400 g/mol. The molecule has 0 bridgehead atoms. The summed E-state index contributed by atoms with van der Waals surface area (Å²) in [6.45, 7) is 0.422. The van der Waals surface area contributed by atoms with Crippen molar-refractivity contribution < 1.29 is 13.2 Å². The third-order valence-corrected chi connectivity index (χ3v) is 4.18. The van der Waals surface area contributed by atoms with Gasteiger partial charge >= 0.3 is 6.18 Å². The van der Waals surface area contributed by atoms with Crippen LogP contribution in [-0.4, -0.2) is 26.1 Å². The van der Waals surface area contributed by atoms with Crippen molar-refractivity contribution in [1.82, 2.24) is 19.5 Å². The maximum Gasteiger partial charge on any atom is 0.435 e. The highest BCUT2D eigenvalue weighted by Crippen LogP contribution is 2.33. The lowest BCUT2D eigenvalue weighted by atomic mass is 10.1. The molecule has 0 saturated heterocycles. The third kappa shape index (κ3) is 3.35. The van der Waals surface area contributed by atoms with E-state index in [0.29, 0.717) is 13.0 Å². The zero-order valence-electron chi connectivity index (χ0n) is 12.6. The van der Waals surface area contributed by atoms with E-state index in [9.17, 15) is 13.2 Å². The normalized spacial score (nSPS) is 11.9. The van der Waals surface area contributed by atoms with Gasteiger partial charge in [0.05, 0.1) is 0 Å². The van der Waals surface area contributed by atoms with Gasteiger partial charge < -0.3 is 9.88 Å². The fraction of sp³-hybridized carbons (Fsp3) is 0.267. The summed E-state index contributed by atoms with van der Waals surface area (Å²) < 4.78 is 41.4. The number of anilines is 1. The van der Waals surface area contributed by atoms with Crippen molar-refractivity contribution in [3.8, 4) is 0 Å². The average Bonchev–Trinajstić information content (AvgIpc) is 2.82. The number of nitrogens with zero attached hydrogens (tertiary/aromatic N) is 4. The molecule has 9 heteroatoms. The van der Waals surface area contributed by atoms with Crippen molar-refractivity contribution in [3.05, 3.63) is 46.3 Å². The number of aromatic nitrogens is 4. The number of benzene rings is 1. The first-order chi connectivity index (χ1) is 11.4. The first-order valence-electron chi connectivity index (χ1n) is 7.11. The van der Waals surface area contributed by atoms with E-state index in [-0.39, 0.29) is 21.8 Å². The van der Waals surface area contributed by atoms with Crippen LogP contribution in [0.5, 0.6) is 0 Å². The smallest absolute Gasteiger partial charge is 0.354 e. The molecule has 24 heavy (non-hydrogen) atoms. The molecule has 3 rings (SSSR count). The Balaban J connectivity index is 1.89. The van der Waals surface area contributed by atoms with E-state index >= 15 is 0 Å². The summed E-state index contributed by atoms with van der Waals surface area (Å²) >= 11 is 3.11. The molecule has 0 aliphatic rings. The molecule has 5 nitrogen and oxygen atoms in total. The fourth-order valence-corrected chi connectivity index (χ4v) is 2.62. The van der Waals surface area contributed by atoms with E-state index < -0.39 is 11.9 Å². The van der Waals surface area contributed by atoms with Crippen LogP contribution >= 0.6 is 15.9 Å². The third-order valence-electron chi connectivity index (χ3n) is 3.47. The van der Waals surface area contributed by atoms with Crippen molar-refractivity contribution in [3.63, 3.8) is 0 Å². The van der Waals surface area contributed by atoms with E-state index in [1.54, 1.807) is 7.05 Å². The summed E-state index contributed by atoms with van der Waals surface area (Å²) in [5, 5.41) is 2.86. The highest BCUT2D eigenvalue weighted by atomic mass is 79.9. The van der Waals surface area contributed by atoms with Gasteiger partial charge in [0.25, 0.3) is 0 Å². The number of fused-ring (bicyclic) bond motifs is 1. The van der Waals surface area contributed by atoms with Crippen molar-refractivity contribution in [2.45, 2.75) is 12.6 Å². The molecule has 126 valence electrons. The number of hydrogen-bond acceptors (Lipinski definition) is 4. The number of aryl methyl sites for hydroxylation is 1. The number of rotatable bonds is 4. The summed E-state index contributed by atoms with van der Waals surface area (Å²) in [4.78, 5) is 11.6. The molecule has 2 heterocycles.